The molecular formula is C13H18N2O3S. The molecular weight excluding hydrogens is 264 g/mol. The van der Waals surface area contributed by atoms with E-state index in [2.05, 4.69) is 10.6 Å². The Bertz CT molecular complexity index is 552. The van der Waals surface area contributed by atoms with Crippen LogP contribution in [-0.4, -0.2) is 32.0 Å². The van der Waals surface area contributed by atoms with E-state index in [0.717, 1.165) is 5.56 Å². The summed E-state index contributed by atoms with van der Waals surface area (Å²) in [6.07, 6.45) is 0.500. The summed E-state index contributed by atoms with van der Waals surface area (Å²) in [5, 5.41) is 5.41. The quantitative estimate of drug-likeness (QED) is 0.868. The first-order chi connectivity index (χ1) is 8.94. The molecule has 1 aromatic carbocycles. The van der Waals surface area contributed by atoms with Crippen LogP contribution >= 0.6 is 0 Å². The molecule has 0 aromatic heterocycles. The zero-order valence-corrected chi connectivity index (χ0v) is 11.7. The van der Waals surface area contributed by atoms with Crippen LogP contribution < -0.4 is 10.6 Å². The predicted octanol–water partition coefficient (Wildman–Crippen LogP) is 0.981. The number of sulfone groups is 1. The molecule has 0 saturated carbocycles. The average molecular weight is 282 g/mol. The largest absolute Gasteiger partial charge is 0.334 e. The SMILES string of the molecule is Cc1ccc(CNC(=O)N[C@H]2CCS(=O)(=O)C2)cc1. The van der Waals surface area contributed by atoms with Gasteiger partial charge in [0, 0.05) is 12.6 Å². The normalized spacial score (nSPS) is 21.0. The predicted molar refractivity (Wildman–Crippen MR) is 73.6 cm³/mol. The Kier molecular flexibility index (Phi) is 4.09. The highest BCUT2D eigenvalue weighted by Crippen LogP contribution is 2.11. The third-order valence-electron chi connectivity index (χ3n) is 3.14. The fourth-order valence-electron chi connectivity index (χ4n) is 2.03. The minimum atomic E-state index is -2.96. The molecule has 2 N–H and O–H groups in total. The number of aryl methyl sites for hydroxylation is 1. The number of urea groups is 1. The molecule has 19 heavy (non-hydrogen) atoms. The summed E-state index contributed by atoms with van der Waals surface area (Å²) in [7, 11) is -2.96. The van der Waals surface area contributed by atoms with Crippen molar-refractivity contribution in [1.82, 2.24) is 10.6 Å². The number of amides is 2. The average Bonchev–Trinajstić information content (AvgIpc) is 2.68. The molecule has 5 nitrogen and oxygen atoms in total. The molecule has 0 bridgehead atoms. The third-order valence-corrected chi connectivity index (χ3v) is 4.91. The molecule has 0 radical (unpaired) electrons. The van der Waals surface area contributed by atoms with Crippen LogP contribution in [0, 0.1) is 6.92 Å². The van der Waals surface area contributed by atoms with E-state index in [1.807, 2.05) is 31.2 Å². The van der Waals surface area contributed by atoms with Gasteiger partial charge in [0.1, 0.15) is 0 Å². The van der Waals surface area contributed by atoms with Gasteiger partial charge in [-0.15, -0.1) is 0 Å². The van der Waals surface area contributed by atoms with Crippen molar-refractivity contribution in [2.75, 3.05) is 11.5 Å². The number of benzene rings is 1. The molecule has 1 aromatic rings. The van der Waals surface area contributed by atoms with Crippen LogP contribution in [0.4, 0.5) is 4.79 Å². The Balaban J connectivity index is 1.77. The number of rotatable bonds is 3. The Morgan fingerprint density at radius 2 is 2.00 bits per heavy atom. The molecule has 1 aliphatic heterocycles. The lowest BCUT2D eigenvalue weighted by atomic mass is 10.1. The summed E-state index contributed by atoms with van der Waals surface area (Å²) >= 11 is 0. The second-order valence-electron chi connectivity index (χ2n) is 4.91. The van der Waals surface area contributed by atoms with Crippen molar-refractivity contribution in [1.29, 1.82) is 0 Å². The molecule has 1 aliphatic rings. The Morgan fingerprint density at radius 3 is 2.58 bits per heavy atom. The fraction of sp³-hybridized carbons (Fsp3) is 0.462. The fourth-order valence-corrected chi connectivity index (χ4v) is 3.71. The number of hydrogen-bond donors (Lipinski definition) is 2. The number of carbonyl (C=O) groups is 1. The van der Waals surface area contributed by atoms with Gasteiger partial charge < -0.3 is 10.6 Å². The minimum absolute atomic E-state index is 0.0466. The summed E-state index contributed by atoms with van der Waals surface area (Å²) in [6.45, 7) is 2.44. The summed E-state index contributed by atoms with van der Waals surface area (Å²) in [5.74, 6) is 0.209. The number of hydrogen-bond acceptors (Lipinski definition) is 3. The van der Waals surface area contributed by atoms with Crippen LogP contribution in [0.25, 0.3) is 0 Å². The Hall–Kier alpha value is -1.56. The maximum absolute atomic E-state index is 11.6. The molecule has 0 unspecified atom stereocenters. The van der Waals surface area contributed by atoms with Crippen molar-refractivity contribution < 1.29 is 13.2 Å². The van der Waals surface area contributed by atoms with Crippen LogP contribution in [0.1, 0.15) is 17.5 Å². The third kappa shape index (κ3) is 4.24. The highest BCUT2D eigenvalue weighted by molar-refractivity contribution is 7.91. The first-order valence-electron chi connectivity index (χ1n) is 6.25. The second kappa shape index (κ2) is 5.61. The standard InChI is InChI=1S/C13H18N2O3S/c1-10-2-4-11(5-3-10)8-14-13(16)15-12-6-7-19(17,18)9-12/h2-5,12H,6-9H2,1H3,(H2,14,15,16)/t12-/m0/s1. The molecule has 0 aliphatic carbocycles. The van der Waals surface area contributed by atoms with Gasteiger partial charge in [-0.3, -0.25) is 0 Å². The summed E-state index contributed by atoms with van der Waals surface area (Å²) in [4.78, 5) is 11.6. The first-order valence-corrected chi connectivity index (χ1v) is 8.07. The highest BCUT2D eigenvalue weighted by Gasteiger charge is 2.28. The summed E-state index contributed by atoms with van der Waals surface area (Å²) in [6, 6.07) is 7.30. The van der Waals surface area contributed by atoms with E-state index in [-0.39, 0.29) is 23.6 Å². The van der Waals surface area contributed by atoms with Gasteiger partial charge in [0.15, 0.2) is 9.84 Å². The number of carbonyl (C=O) groups excluding carboxylic acids is 1. The Morgan fingerprint density at radius 1 is 1.32 bits per heavy atom. The molecule has 2 rings (SSSR count). The van der Waals surface area contributed by atoms with E-state index in [1.165, 1.54) is 5.56 Å². The van der Waals surface area contributed by atoms with Gasteiger partial charge >= 0.3 is 6.03 Å². The van der Waals surface area contributed by atoms with Crippen molar-refractivity contribution in [3.8, 4) is 0 Å². The van der Waals surface area contributed by atoms with Crippen LogP contribution in [0.5, 0.6) is 0 Å². The van der Waals surface area contributed by atoms with Crippen LogP contribution in [-0.2, 0) is 16.4 Å². The molecule has 104 valence electrons. The van der Waals surface area contributed by atoms with Crippen LogP contribution in [0.15, 0.2) is 24.3 Å². The minimum Gasteiger partial charge on any atom is -0.334 e. The van der Waals surface area contributed by atoms with Gasteiger partial charge in [0.2, 0.25) is 0 Å². The maximum atomic E-state index is 11.6. The molecule has 1 fully saturated rings. The van der Waals surface area contributed by atoms with Gasteiger partial charge in [-0.25, -0.2) is 13.2 Å². The van der Waals surface area contributed by atoms with Crippen molar-refractivity contribution in [3.05, 3.63) is 35.4 Å². The van der Waals surface area contributed by atoms with E-state index in [1.54, 1.807) is 0 Å². The molecule has 2 amide bonds. The van der Waals surface area contributed by atoms with Gasteiger partial charge in [-0.1, -0.05) is 29.8 Å². The smallest absolute Gasteiger partial charge is 0.315 e. The monoisotopic (exact) mass is 282 g/mol. The van der Waals surface area contributed by atoms with Crippen molar-refractivity contribution in [2.45, 2.75) is 25.9 Å². The molecule has 1 atom stereocenters. The lowest BCUT2D eigenvalue weighted by molar-refractivity contribution is 0.237. The topological polar surface area (TPSA) is 75.3 Å². The number of nitrogens with one attached hydrogen (secondary N) is 2. The maximum Gasteiger partial charge on any atom is 0.315 e. The van der Waals surface area contributed by atoms with Crippen molar-refractivity contribution in [3.63, 3.8) is 0 Å². The van der Waals surface area contributed by atoms with Crippen LogP contribution in [0.3, 0.4) is 0 Å². The lowest BCUT2D eigenvalue weighted by Crippen LogP contribution is -2.42. The van der Waals surface area contributed by atoms with Gasteiger partial charge in [0.05, 0.1) is 11.5 Å². The van der Waals surface area contributed by atoms with E-state index in [4.69, 9.17) is 0 Å². The Labute approximate surface area is 113 Å². The summed E-state index contributed by atoms with van der Waals surface area (Å²) in [5.41, 5.74) is 2.18. The van der Waals surface area contributed by atoms with E-state index in [9.17, 15) is 13.2 Å². The molecule has 6 heteroatoms. The van der Waals surface area contributed by atoms with Gasteiger partial charge in [0.25, 0.3) is 0 Å². The van der Waals surface area contributed by atoms with E-state index in [0.29, 0.717) is 13.0 Å². The molecule has 1 saturated heterocycles. The zero-order valence-electron chi connectivity index (χ0n) is 10.8. The molecule has 0 spiro atoms. The second-order valence-corrected chi connectivity index (χ2v) is 7.14. The van der Waals surface area contributed by atoms with E-state index >= 15 is 0 Å². The van der Waals surface area contributed by atoms with Crippen molar-refractivity contribution in [2.24, 2.45) is 0 Å². The zero-order chi connectivity index (χ0) is 13.9. The van der Waals surface area contributed by atoms with E-state index < -0.39 is 9.84 Å². The van der Waals surface area contributed by atoms with Crippen LogP contribution in [0.2, 0.25) is 0 Å². The first kappa shape index (κ1) is 13.9. The lowest BCUT2D eigenvalue weighted by Gasteiger charge is -2.12. The van der Waals surface area contributed by atoms with Gasteiger partial charge in [-0.2, -0.15) is 0 Å². The van der Waals surface area contributed by atoms with Crippen molar-refractivity contribution >= 4 is 15.9 Å². The van der Waals surface area contributed by atoms with Gasteiger partial charge in [-0.05, 0) is 18.9 Å². The summed E-state index contributed by atoms with van der Waals surface area (Å²) < 4.78 is 22.5. The highest BCUT2D eigenvalue weighted by atomic mass is 32.2. The molecule has 1 heterocycles.